The number of amides is 1. The average Bonchev–Trinajstić information content (AvgIpc) is 2.45. The summed E-state index contributed by atoms with van der Waals surface area (Å²) in [4.78, 5) is 16.5. The minimum Gasteiger partial charge on any atom is -0.329 e. The number of anilines is 1. The zero-order valence-corrected chi connectivity index (χ0v) is 12.7. The average molecular weight is 334 g/mol. The van der Waals surface area contributed by atoms with Crippen molar-refractivity contribution < 1.29 is 4.79 Å². The lowest BCUT2D eigenvalue weighted by atomic mass is 9.98. The normalized spacial score (nSPS) is 11.9. The Kier molecular flexibility index (Phi) is 4.87. The van der Waals surface area contributed by atoms with Crippen LogP contribution in [0.25, 0.3) is 0 Å². The minimum absolute atomic E-state index is 0.123. The van der Waals surface area contributed by atoms with Crippen LogP contribution < -0.4 is 11.1 Å². The molecule has 2 aromatic rings. The van der Waals surface area contributed by atoms with Crippen LogP contribution in [0.5, 0.6) is 0 Å². The molecule has 1 aromatic carbocycles. The predicted molar refractivity (Wildman–Crippen MR) is 83.5 cm³/mol. The van der Waals surface area contributed by atoms with Crippen LogP contribution in [0.2, 0.25) is 0 Å². The molecule has 5 heteroatoms. The fourth-order valence-corrected chi connectivity index (χ4v) is 2.15. The Labute approximate surface area is 126 Å². The van der Waals surface area contributed by atoms with Gasteiger partial charge >= 0.3 is 0 Å². The third-order valence-electron chi connectivity index (χ3n) is 3.04. The number of carbonyl (C=O) groups is 1. The molecule has 0 aliphatic carbocycles. The summed E-state index contributed by atoms with van der Waals surface area (Å²) in [5.74, 6) is -0.484. The molecule has 0 radical (unpaired) electrons. The molecule has 0 fully saturated rings. The van der Waals surface area contributed by atoms with E-state index < -0.39 is 0 Å². The number of pyridine rings is 1. The Balaban J connectivity index is 2.15. The van der Waals surface area contributed by atoms with Gasteiger partial charge in [-0.15, -0.1) is 0 Å². The summed E-state index contributed by atoms with van der Waals surface area (Å²) < 4.78 is 0.772. The molecule has 0 bridgehead atoms. The highest BCUT2D eigenvalue weighted by atomic mass is 79.9. The molecule has 0 aliphatic heterocycles. The number of halogens is 1. The van der Waals surface area contributed by atoms with Crippen LogP contribution in [-0.4, -0.2) is 17.4 Å². The third kappa shape index (κ3) is 3.43. The van der Waals surface area contributed by atoms with Crippen molar-refractivity contribution in [3.8, 4) is 0 Å². The first-order valence-corrected chi connectivity index (χ1v) is 7.09. The van der Waals surface area contributed by atoms with Gasteiger partial charge in [-0.2, -0.15) is 0 Å². The Morgan fingerprint density at radius 2 is 2.10 bits per heavy atom. The fraction of sp³-hybridized carbons (Fsp3) is 0.200. The van der Waals surface area contributed by atoms with E-state index in [1.165, 1.54) is 0 Å². The van der Waals surface area contributed by atoms with E-state index in [-0.39, 0.29) is 18.4 Å². The maximum atomic E-state index is 12.3. The van der Waals surface area contributed by atoms with Gasteiger partial charge in [0, 0.05) is 6.54 Å². The van der Waals surface area contributed by atoms with Crippen molar-refractivity contribution in [2.24, 2.45) is 5.73 Å². The fourth-order valence-electron chi connectivity index (χ4n) is 1.94. The van der Waals surface area contributed by atoms with E-state index in [2.05, 4.69) is 26.2 Å². The molecule has 2 rings (SSSR count). The Hall–Kier alpha value is -1.72. The van der Waals surface area contributed by atoms with Crippen molar-refractivity contribution in [3.63, 3.8) is 0 Å². The second-order valence-electron chi connectivity index (χ2n) is 4.52. The van der Waals surface area contributed by atoms with Crippen molar-refractivity contribution in [2.75, 3.05) is 11.9 Å². The van der Waals surface area contributed by atoms with Crippen LogP contribution in [0, 0.1) is 6.92 Å². The highest BCUT2D eigenvalue weighted by molar-refractivity contribution is 9.10. The Bertz CT molecular complexity index is 601. The zero-order valence-electron chi connectivity index (χ0n) is 11.1. The number of nitrogens with zero attached hydrogens (tertiary/aromatic N) is 1. The third-order valence-corrected chi connectivity index (χ3v) is 3.87. The summed E-state index contributed by atoms with van der Waals surface area (Å²) >= 11 is 3.33. The molecule has 3 N–H and O–H groups in total. The number of aromatic nitrogens is 1. The highest BCUT2D eigenvalue weighted by Gasteiger charge is 2.19. The molecule has 0 spiro atoms. The molecule has 1 amide bonds. The van der Waals surface area contributed by atoms with Gasteiger partial charge in [-0.05, 0) is 40.0 Å². The quantitative estimate of drug-likeness (QED) is 0.845. The molecule has 104 valence electrons. The summed E-state index contributed by atoms with van der Waals surface area (Å²) in [7, 11) is 0. The van der Waals surface area contributed by atoms with Crippen molar-refractivity contribution in [2.45, 2.75) is 12.8 Å². The van der Waals surface area contributed by atoms with Crippen LogP contribution in [0.1, 0.15) is 17.0 Å². The lowest BCUT2D eigenvalue weighted by Crippen LogP contribution is -2.27. The first-order chi connectivity index (χ1) is 9.61. The number of nitrogens with one attached hydrogen (secondary N) is 1. The van der Waals surface area contributed by atoms with Crippen molar-refractivity contribution in [3.05, 3.63) is 58.3 Å². The minimum atomic E-state index is -0.361. The molecule has 1 unspecified atom stereocenters. The largest absolute Gasteiger partial charge is 0.329 e. The molecule has 1 aromatic heterocycles. The van der Waals surface area contributed by atoms with Gasteiger partial charge in [0.25, 0.3) is 0 Å². The van der Waals surface area contributed by atoms with Gasteiger partial charge in [-0.25, -0.2) is 4.98 Å². The lowest BCUT2D eigenvalue weighted by molar-refractivity contribution is -0.117. The second-order valence-corrected chi connectivity index (χ2v) is 5.27. The van der Waals surface area contributed by atoms with Crippen LogP contribution in [0.4, 0.5) is 5.69 Å². The first kappa shape index (κ1) is 14.7. The van der Waals surface area contributed by atoms with Gasteiger partial charge in [0.05, 0.1) is 17.8 Å². The number of carbonyl (C=O) groups excluding carboxylic acids is 1. The topological polar surface area (TPSA) is 68.0 Å². The number of hydrogen-bond acceptors (Lipinski definition) is 3. The standard InChI is InChI=1S/C15H16BrN3O/c1-10-7-12(9-18-14(10)16)19-15(20)13(8-17)11-5-3-2-4-6-11/h2-7,9,13H,8,17H2,1H3,(H,19,20). The van der Waals surface area contributed by atoms with Crippen LogP contribution in [0.3, 0.4) is 0 Å². The van der Waals surface area contributed by atoms with Crippen molar-refractivity contribution in [1.82, 2.24) is 4.98 Å². The Morgan fingerprint density at radius 3 is 2.70 bits per heavy atom. The van der Waals surface area contributed by atoms with Crippen LogP contribution in [-0.2, 0) is 4.79 Å². The van der Waals surface area contributed by atoms with Crippen molar-refractivity contribution >= 4 is 27.5 Å². The molecule has 1 atom stereocenters. The summed E-state index contributed by atoms with van der Waals surface area (Å²) in [6, 6.07) is 11.4. The van der Waals surface area contributed by atoms with Gasteiger partial charge in [-0.1, -0.05) is 30.3 Å². The number of benzene rings is 1. The summed E-state index contributed by atoms with van der Waals surface area (Å²) in [6.07, 6.45) is 1.62. The number of aryl methyl sites for hydroxylation is 1. The van der Waals surface area contributed by atoms with E-state index in [0.717, 1.165) is 15.7 Å². The predicted octanol–water partition coefficient (Wildman–Crippen LogP) is 2.83. The monoisotopic (exact) mass is 333 g/mol. The maximum Gasteiger partial charge on any atom is 0.233 e. The Morgan fingerprint density at radius 1 is 1.40 bits per heavy atom. The molecule has 4 nitrogen and oxygen atoms in total. The SMILES string of the molecule is Cc1cc(NC(=O)C(CN)c2ccccc2)cnc1Br. The summed E-state index contributed by atoms with van der Waals surface area (Å²) in [5.41, 5.74) is 8.28. The van der Waals surface area contributed by atoms with E-state index in [1.54, 1.807) is 6.20 Å². The van der Waals surface area contributed by atoms with E-state index in [9.17, 15) is 4.79 Å². The van der Waals surface area contributed by atoms with E-state index in [4.69, 9.17) is 5.73 Å². The van der Waals surface area contributed by atoms with Gasteiger partial charge < -0.3 is 11.1 Å². The van der Waals surface area contributed by atoms with Gasteiger partial charge in [0.15, 0.2) is 0 Å². The zero-order chi connectivity index (χ0) is 14.5. The molecule has 1 heterocycles. The van der Waals surface area contributed by atoms with Gasteiger partial charge in [-0.3, -0.25) is 4.79 Å². The second kappa shape index (κ2) is 6.63. The van der Waals surface area contributed by atoms with Crippen LogP contribution in [0.15, 0.2) is 47.2 Å². The number of hydrogen-bond donors (Lipinski definition) is 2. The smallest absolute Gasteiger partial charge is 0.233 e. The van der Waals surface area contributed by atoms with Gasteiger partial charge in [0.2, 0.25) is 5.91 Å². The molecular formula is C15H16BrN3O. The maximum absolute atomic E-state index is 12.3. The van der Waals surface area contributed by atoms with E-state index in [1.807, 2.05) is 43.3 Å². The van der Waals surface area contributed by atoms with E-state index in [0.29, 0.717) is 5.69 Å². The molecule has 0 saturated carbocycles. The molecular weight excluding hydrogens is 318 g/mol. The van der Waals surface area contributed by atoms with Crippen molar-refractivity contribution in [1.29, 1.82) is 0 Å². The van der Waals surface area contributed by atoms with Gasteiger partial charge in [0.1, 0.15) is 4.60 Å². The molecule has 0 saturated heterocycles. The number of rotatable bonds is 4. The highest BCUT2D eigenvalue weighted by Crippen LogP contribution is 2.20. The molecule has 0 aliphatic rings. The lowest BCUT2D eigenvalue weighted by Gasteiger charge is -2.15. The number of nitrogens with two attached hydrogens (primary N) is 1. The van der Waals surface area contributed by atoms with E-state index >= 15 is 0 Å². The van der Waals surface area contributed by atoms with Crippen LogP contribution >= 0.6 is 15.9 Å². The summed E-state index contributed by atoms with van der Waals surface area (Å²) in [5, 5.41) is 2.86. The summed E-state index contributed by atoms with van der Waals surface area (Å²) in [6.45, 7) is 2.18. The first-order valence-electron chi connectivity index (χ1n) is 6.30. The molecule has 20 heavy (non-hydrogen) atoms.